The van der Waals surface area contributed by atoms with Crippen LogP contribution in [0.25, 0.3) is 0 Å². The molecule has 2 heterocycles. The van der Waals surface area contributed by atoms with E-state index in [4.69, 9.17) is 11.6 Å². The monoisotopic (exact) mass is 314 g/mol. The minimum atomic E-state index is -0.144. The number of amides is 1. The third-order valence-electron chi connectivity index (χ3n) is 3.67. The summed E-state index contributed by atoms with van der Waals surface area (Å²) in [5.41, 5.74) is 2.94. The number of halogens is 1. The fourth-order valence-corrected chi connectivity index (χ4v) is 3.85. The topological polar surface area (TPSA) is 32.7 Å². The summed E-state index contributed by atoms with van der Waals surface area (Å²) in [4.78, 5) is 18.7. The van der Waals surface area contributed by atoms with Crippen LogP contribution in [-0.2, 0) is 4.79 Å². The van der Waals surface area contributed by atoms with E-state index in [1.165, 1.54) is 11.8 Å². The molecule has 1 unspecified atom stereocenters. The van der Waals surface area contributed by atoms with Crippen molar-refractivity contribution in [2.45, 2.75) is 6.04 Å². The number of carbonyl (C=O) groups is 1. The molecule has 1 fully saturated rings. The number of rotatable bonds is 1. The maximum absolute atomic E-state index is 12.3. The lowest BCUT2D eigenvalue weighted by Crippen LogP contribution is -2.36. The first-order valence-electron chi connectivity index (χ1n) is 6.62. The van der Waals surface area contributed by atoms with Crippen LogP contribution in [-0.4, -0.2) is 21.7 Å². The van der Waals surface area contributed by atoms with Gasteiger partial charge in [0.15, 0.2) is 5.17 Å². The van der Waals surface area contributed by atoms with E-state index in [0.29, 0.717) is 10.8 Å². The normalized spacial score (nSPS) is 20.0. The van der Waals surface area contributed by atoms with Gasteiger partial charge in [0.1, 0.15) is 0 Å². The second-order valence-corrected chi connectivity index (χ2v) is 6.34. The lowest BCUT2D eigenvalue weighted by atomic mass is 9.95. The predicted molar refractivity (Wildman–Crippen MR) is 86.1 cm³/mol. The molecule has 0 saturated carbocycles. The number of amidine groups is 1. The van der Waals surface area contributed by atoms with Crippen LogP contribution in [0, 0.1) is 0 Å². The predicted octanol–water partition coefficient (Wildman–Crippen LogP) is 4.01. The summed E-state index contributed by atoms with van der Waals surface area (Å²) in [5.74, 6) is 0.544. The van der Waals surface area contributed by atoms with Crippen molar-refractivity contribution >= 4 is 40.1 Å². The molecule has 5 heteroatoms. The largest absolute Gasteiger partial charge is 0.279 e. The van der Waals surface area contributed by atoms with Crippen molar-refractivity contribution < 1.29 is 4.79 Å². The van der Waals surface area contributed by atoms with Crippen molar-refractivity contribution in [1.82, 2.24) is 4.90 Å². The molecule has 2 aliphatic rings. The third kappa shape index (κ3) is 2.06. The quantitative estimate of drug-likeness (QED) is 0.797. The lowest BCUT2D eigenvalue weighted by Gasteiger charge is -2.32. The Balaban J connectivity index is 1.95. The maximum Gasteiger partial charge on any atom is 0.239 e. The molecule has 0 N–H and O–H groups in total. The van der Waals surface area contributed by atoms with E-state index in [2.05, 4.69) is 4.99 Å². The molecular weight excluding hydrogens is 304 g/mol. The molecule has 2 aromatic carbocycles. The number of nitrogens with zero attached hydrogens (tertiary/aromatic N) is 2. The molecule has 2 aliphatic heterocycles. The molecule has 1 saturated heterocycles. The van der Waals surface area contributed by atoms with Gasteiger partial charge in [-0.05, 0) is 23.8 Å². The van der Waals surface area contributed by atoms with Gasteiger partial charge in [0.05, 0.1) is 17.5 Å². The molecular formula is C16H11ClN2OS. The van der Waals surface area contributed by atoms with Gasteiger partial charge in [0, 0.05) is 10.6 Å². The van der Waals surface area contributed by atoms with Crippen molar-refractivity contribution in [2.24, 2.45) is 4.99 Å². The van der Waals surface area contributed by atoms with Crippen LogP contribution < -0.4 is 0 Å². The van der Waals surface area contributed by atoms with Gasteiger partial charge in [-0.25, -0.2) is 4.99 Å². The van der Waals surface area contributed by atoms with E-state index < -0.39 is 0 Å². The molecule has 1 atom stereocenters. The highest BCUT2D eigenvalue weighted by Gasteiger charge is 2.39. The van der Waals surface area contributed by atoms with Crippen molar-refractivity contribution in [3.63, 3.8) is 0 Å². The van der Waals surface area contributed by atoms with Gasteiger partial charge in [-0.15, -0.1) is 0 Å². The van der Waals surface area contributed by atoms with Crippen LogP contribution in [0.1, 0.15) is 17.2 Å². The summed E-state index contributed by atoms with van der Waals surface area (Å²) in [6, 6.07) is 15.5. The maximum atomic E-state index is 12.3. The Bertz CT molecular complexity index is 760. The Morgan fingerprint density at radius 1 is 1.19 bits per heavy atom. The number of fused-ring (bicyclic) bond motifs is 2. The molecule has 2 aromatic rings. The van der Waals surface area contributed by atoms with Crippen LogP contribution in [0.5, 0.6) is 0 Å². The zero-order valence-electron chi connectivity index (χ0n) is 11.0. The number of hydrogen-bond donors (Lipinski definition) is 0. The molecule has 0 radical (unpaired) electrons. The summed E-state index contributed by atoms with van der Waals surface area (Å²) >= 11 is 7.65. The Morgan fingerprint density at radius 2 is 2.00 bits per heavy atom. The minimum Gasteiger partial charge on any atom is -0.279 e. The summed E-state index contributed by atoms with van der Waals surface area (Å²) in [7, 11) is 0. The molecule has 3 nitrogen and oxygen atoms in total. The van der Waals surface area contributed by atoms with Crippen LogP contribution >= 0.6 is 23.4 Å². The van der Waals surface area contributed by atoms with E-state index >= 15 is 0 Å². The van der Waals surface area contributed by atoms with Crippen molar-refractivity contribution in [2.75, 3.05) is 5.75 Å². The first-order valence-corrected chi connectivity index (χ1v) is 7.98. The van der Waals surface area contributed by atoms with Gasteiger partial charge >= 0.3 is 0 Å². The Kier molecular flexibility index (Phi) is 3.01. The first kappa shape index (κ1) is 12.9. The Labute approximate surface area is 131 Å². The fraction of sp³-hybridized carbons (Fsp3) is 0.125. The standard InChI is InChI=1S/C16H11ClN2OS/c17-11-6-7-13-12(8-11)15(10-4-2-1-3-5-10)19-14(20)9-21-16(19)18-13/h1-8,15H,9H2. The smallest absolute Gasteiger partial charge is 0.239 e. The van der Waals surface area contributed by atoms with Crippen LogP contribution in [0.15, 0.2) is 53.5 Å². The van der Waals surface area contributed by atoms with Gasteiger partial charge < -0.3 is 0 Å². The van der Waals surface area contributed by atoms with Crippen LogP contribution in [0.2, 0.25) is 5.02 Å². The van der Waals surface area contributed by atoms with Gasteiger partial charge in [-0.2, -0.15) is 0 Å². The van der Waals surface area contributed by atoms with Gasteiger partial charge in [-0.3, -0.25) is 9.69 Å². The zero-order valence-corrected chi connectivity index (χ0v) is 12.6. The average Bonchev–Trinajstić information content (AvgIpc) is 2.87. The van der Waals surface area contributed by atoms with E-state index in [9.17, 15) is 4.79 Å². The average molecular weight is 315 g/mol. The molecule has 0 bridgehead atoms. The summed E-state index contributed by atoms with van der Waals surface area (Å²) in [6.45, 7) is 0. The zero-order chi connectivity index (χ0) is 14.4. The first-order chi connectivity index (χ1) is 10.2. The van der Waals surface area contributed by atoms with Crippen molar-refractivity contribution in [3.05, 3.63) is 64.7 Å². The van der Waals surface area contributed by atoms with Gasteiger partial charge in [-0.1, -0.05) is 53.7 Å². The van der Waals surface area contributed by atoms with Gasteiger partial charge in [0.25, 0.3) is 0 Å². The highest BCUT2D eigenvalue weighted by molar-refractivity contribution is 8.15. The highest BCUT2D eigenvalue weighted by Crippen LogP contribution is 2.44. The Morgan fingerprint density at radius 3 is 2.81 bits per heavy atom. The van der Waals surface area contributed by atoms with Crippen LogP contribution in [0.3, 0.4) is 0 Å². The number of aliphatic imine (C=N–C) groups is 1. The number of carbonyl (C=O) groups excluding carboxylic acids is 1. The van der Waals surface area contributed by atoms with Crippen LogP contribution in [0.4, 0.5) is 5.69 Å². The SMILES string of the molecule is O=C1CSC2=Nc3ccc(Cl)cc3C(c3ccccc3)N12. The summed E-state index contributed by atoms with van der Waals surface area (Å²) in [5, 5.41) is 1.44. The lowest BCUT2D eigenvalue weighted by molar-refractivity contribution is -0.125. The second-order valence-electron chi connectivity index (χ2n) is 4.96. The molecule has 104 valence electrons. The van der Waals surface area contributed by atoms with E-state index in [1.54, 1.807) is 4.90 Å². The minimum absolute atomic E-state index is 0.0956. The van der Waals surface area contributed by atoms with E-state index in [-0.39, 0.29) is 11.9 Å². The fourth-order valence-electron chi connectivity index (χ4n) is 2.76. The van der Waals surface area contributed by atoms with E-state index in [0.717, 1.165) is 22.0 Å². The third-order valence-corrected chi connectivity index (χ3v) is 4.85. The summed E-state index contributed by atoms with van der Waals surface area (Å²) < 4.78 is 0. The molecule has 21 heavy (non-hydrogen) atoms. The highest BCUT2D eigenvalue weighted by atomic mass is 35.5. The number of hydrogen-bond acceptors (Lipinski definition) is 3. The van der Waals surface area contributed by atoms with Gasteiger partial charge in [0.2, 0.25) is 5.91 Å². The molecule has 4 rings (SSSR count). The second kappa shape index (κ2) is 4.90. The number of benzene rings is 2. The summed E-state index contributed by atoms with van der Waals surface area (Å²) in [6.07, 6.45) is 0. The van der Waals surface area contributed by atoms with E-state index in [1.807, 2.05) is 48.5 Å². The number of thioether (sulfide) groups is 1. The molecule has 0 spiro atoms. The molecule has 1 amide bonds. The van der Waals surface area contributed by atoms with Crippen molar-refractivity contribution in [1.29, 1.82) is 0 Å². The Hall–Kier alpha value is -1.78. The molecule has 0 aromatic heterocycles. The van der Waals surface area contributed by atoms with Crippen molar-refractivity contribution in [3.8, 4) is 0 Å². The molecule has 0 aliphatic carbocycles.